The number of nitriles is 1. The van der Waals surface area contributed by atoms with Gasteiger partial charge >= 0.3 is 0 Å². The van der Waals surface area contributed by atoms with Gasteiger partial charge < -0.3 is 4.74 Å². The van der Waals surface area contributed by atoms with E-state index in [1.54, 1.807) is 30.3 Å². The maximum Gasteiger partial charge on any atom is 0.145 e. The van der Waals surface area contributed by atoms with Gasteiger partial charge in [0, 0.05) is 6.07 Å². The highest BCUT2D eigenvalue weighted by molar-refractivity contribution is 6.30. The number of halogens is 2. The van der Waals surface area contributed by atoms with Crippen LogP contribution >= 0.6 is 11.6 Å². The Balaban J connectivity index is 2.25. The Morgan fingerprint density at radius 3 is 2.59 bits per heavy atom. The van der Waals surface area contributed by atoms with Gasteiger partial charge in [-0.3, -0.25) is 0 Å². The lowest BCUT2D eigenvalue weighted by atomic mass is 10.2. The first-order valence-electron chi connectivity index (χ1n) is 4.82. The molecule has 84 valence electrons. The van der Waals surface area contributed by atoms with Crippen LogP contribution in [0.15, 0.2) is 42.5 Å². The molecular weight excluding hydrogens is 241 g/mol. The van der Waals surface area contributed by atoms with E-state index in [4.69, 9.17) is 21.6 Å². The maximum absolute atomic E-state index is 13.2. The second-order valence-electron chi connectivity index (χ2n) is 3.32. The number of benzene rings is 2. The van der Waals surface area contributed by atoms with Gasteiger partial charge in [-0.15, -0.1) is 0 Å². The summed E-state index contributed by atoms with van der Waals surface area (Å²) in [5, 5.41) is 8.77. The summed E-state index contributed by atoms with van der Waals surface area (Å²) >= 11 is 5.56. The van der Waals surface area contributed by atoms with E-state index in [1.165, 1.54) is 12.1 Å². The van der Waals surface area contributed by atoms with Crippen LogP contribution < -0.4 is 4.74 Å². The molecule has 2 nitrogen and oxygen atoms in total. The van der Waals surface area contributed by atoms with Crippen molar-refractivity contribution in [3.8, 4) is 17.6 Å². The monoisotopic (exact) mass is 247 g/mol. The van der Waals surface area contributed by atoms with Crippen molar-refractivity contribution in [1.82, 2.24) is 0 Å². The van der Waals surface area contributed by atoms with E-state index in [1.807, 2.05) is 6.07 Å². The molecule has 0 aromatic heterocycles. The molecule has 0 atom stereocenters. The van der Waals surface area contributed by atoms with E-state index < -0.39 is 5.82 Å². The first-order valence-corrected chi connectivity index (χ1v) is 5.20. The topological polar surface area (TPSA) is 33.0 Å². The summed E-state index contributed by atoms with van der Waals surface area (Å²) in [6, 6.07) is 12.8. The van der Waals surface area contributed by atoms with E-state index in [-0.39, 0.29) is 5.02 Å². The van der Waals surface area contributed by atoms with Gasteiger partial charge in [0.2, 0.25) is 0 Å². The van der Waals surface area contributed by atoms with Gasteiger partial charge in [-0.25, -0.2) is 4.39 Å². The third kappa shape index (κ3) is 2.74. The molecule has 2 rings (SSSR count). The molecule has 2 aromatic carbocycles. The largest absolute Gasteiger partial charge is 0.457 e. The lowest BCUT2D eigenvalue weighted by molar-refractivity contribution is 0.476. The zero-order chi connectivity index (χ0) is 12.3. The van der Waals surface area contributed by atoms with Crippen LogP contribution in [0.5, 0.6) is 11.5 Å². The number of nitrogens with zero attached hydrogens (tertiary/aromatic N) is 1. The van der Waals surface area contributed by atoms with Crippen LogP contribution in [0, 0.1) is 17.1 Å². The van der Waals surface area contributed by atoms with Gasteiger partial charge in [0.15, 0.2) is 0 Å². The number of hydrogen-bond acceptors (Lipinski definition) is 2. The van der Waals surface area contributed by atoms with Crippen molar-refractivity contribution in [1.29, 1.82) is 5.26 Å². The van der Waals surface area contributed by atoms with Crippen molar-refractivity contribution in [3.63, 3.8) is 0 Å². The zero-order valence-corrected chi connectivity index (χ0v) is 9.41. The quantitative estimate of drug-likeness (QED) is 0.799. The summed E-state index contributed by atoms with van der Waals surface area (Å²) in [5.74, 6) is 0.272. The number of hydrogen-bond donors (Lipinski definition) is 0. The molecule has 0 unspecified atom stereocenters. The first-order chi connectivity index (χ1) is 8.19. The highest BCUT2D eigenvalue weighted by Crippen LogP contribution is 2.25. The SMILES string of the molecule is N#Cc1cccc(Oc2ccc(Cl)c(F)c2)c1. The first kappa shape index (κ1) is 11.4. The average Bonchev–Trinajstić information content (AvgIpc) is 2.34. The van der Waals surface area contributed by atoms with Crippen LogP contribution in [-0.2, 0) is 0 Å². The number of rotatable bonds is 2. The molecule has 0 fully saturated rings. The standard InChI is InChI=1S/C13H7ClFNO/c14-12-5-4-11(7-13(12)15)17-10-3-1-2-9(6-10)8-16/h1-7H. The minimum atomic E-state index is -0.541. The molecule has 0 radical (unpaired) electrons. The molecule has 0 N–H and O–H groups in total. The minimum Gasteiger partial charge on any atom is -0.457 e. The van der Waals surface area contributed by atoms with Crippen molar-refractivity contribution >= 4 is 11.6 Å². The molecule has 0 spiro atoms. The van der Waals surface area contributed by atoms with E-state index in [2.05, 4.69) is 0 Å². The average molecular weight is 248 g/mol. The molecule has 0 heterocycles. The Hall–Kier alpha value is -2.05. The molecular formula is C13H7ClFNO. The third-order valence-corrected chi connectivity index (χ3v) is 2.40. The second-order valence-corrected chi connectivity index (χ2v) is 3.72. The van der Waals surface area contributed by atoms with E-state index in [9.17, 15) is 4.39 Å². The molecule has 0 aliphatic carbocycles. The molecule has 2 aromatic rings. The molecule has 0 saturated carbocycles. The fraction of sp³-hybridized carbons (Fsp3) is 0. The summed E-state index contributed by atoms with van der Waals surface area (Å²) in [7, 11) is 0. The second kappa shape index (κ2) is 4.86. The molecule has 17 heavy (non-hydrogen) atoms. The Morgan fingerprint density at radius 1 is 1.12 bits per heavy atom. The summed E-state index contributed by atoms with van der Waals surface area (Å²) in [6.45, 7) is 0. The molecule has 0 bridgehead atoms. The van der Waals surface area contributed by atoms with Crippen LogP contribution in [0.1, 0.15) is 5.56 Å². The minimum absolute atomic E-state index is 0.0446. The Kier molecular flexibility index (Phi) is 3.27. The predicted octanol–water partition coefficient (Wildman–Crippen LogP) is 4.14. The van der Waals surface area contributed by atoms with Crippen molar-refractivity contribution in [3.05, 3.63) is 58.9 Å². The van der Waals surface area contributed by atoms with Gasteiger partial charge in [0.25, 0.3) is 0 Å². The van der Waals surface area contributed by atoms with Gasteiger partial charge in [0.05, 0.1) is 16.7 Å². The van der Waals surface area contributed by atoms with Crippen LogP contribution in [0.25, 0.3) is 0 Å². The lowest BCUT2D eigenvalue weighted by Crippen LogP contribution is -1.86. The molecule has 0 aliphatic heterocycles. The number of ether oxygens (including phenoxy) is 1. The summed E-state index contributed by atoms with van der Waals surface area (Å²) in [5.41, 5.74) is 0.483. The van der Waals surface area contributed by atoms with Gasteiger partial charge in [0.1, 0.15) is 17.3 Å². The van der Waals surface area contributed by atoms with Crippen molar-refractivity contribution in [2.75, 3.05) is 0 Å². The normalized spacial score (nSPS) is 9.71. The molecule has 0 aliphatic rings. The van der Waals surface area contributed by atoms with Crippen LogP contribution in [0.2, 0.25) is 5.02 Å². The van der Waals surface area contributed by atoms with Gasteiger partial charge in [-0.2, -0.15) is 5.26 Å². The molecule has 0 amide bonds. The highest BCUT2D eigenvalue weighted by Gasteiger charge is 2.03. The smallest absolute Gasteiger partial charge is 0.145 e. The Bertz CT molecular complexity index is 592. The highest BCUT2D eigenvalue weighted by atomic mass is 35.5. The van der Waals surface area contributed by atoms with Crippen molar-refractivity contribution in [2.45, 2.75) is 0 Å². The summed E-state index contributed by atoms with van der Waals surface area (Å²) < 4.78 is 18.6. The van der Waals surface area contributed by atoms with Crippen molar-refractivity contribution < 1.29 is 9.13 Å². The Morgan fingerprint density at radius 2 is 1.88 bits per heavy atom. The molecule has 0 saturated heterocycles. The molecule has 4 heteroatoms. The van der Waals surface area contributed by atoms with E-state index in [0.29, 0.717) is 17.1 Å². The van der Waals surface area contributed by atoms with Crippen LogP contribution in [-0.4, -0.2) is 0 Å². The fourth-order valence-electron chi connectivity index (χ4n) is 1.31. The third-order valence-electron chi connectivity index (χ3n) is 2.09. The van der Waals surface area contributed by atoms with Crippen LogP contribution in [0.4, 0.5) is 4.39 Å². The van der Waals surface area contributed by atoms with E-state index in [0.717, 1.165) is 0 Å². The van der Waals surface area contributed by atoms with Gasteiger partial charge in [-0.05, 0) is 30.3 Å². The van der Waals surface area contributed by atoms with E-state index >= 15 is 0 Å². The maximum atomic E-state index is 13.2. The Labute approximate surface area is 103 Å². The predicted molar refractivity (Wildman–Crippen MR) is 62.6 cm³/mol. The van der Waals surface area contributed by atoms with Gasteiger partial charge in [-0.1, -0.05) is 17.7 Å². The lowest BCUT2D eigenvalue weighted by Gasteiger charge is -2.06. The zero-order valence-electron chi connectivity index (χ0n) is 8.65. The summed E-state index contributed by atoms with van der Waals surface area (Å²) in [4.78, 5) is 0. The van der Waals surface area contributed by atoms with Crippen molar-refractivity contribution in [2.24, 2.45) is 0 Å². The van der Waals surface area contributed by atoms with Crippen LogP contribution in [0.3, 0.4) is 0 Å². The fourth-order valence-corrected chi connectivity index (χ4v) is 1.42. The summed E-state index contributed by atoms with van der Waals surface area (Å²) in [6.07, 6.45) is 0.